The number of nitro benzene ring substituents is 1. The molecule has 1 aromatic heterocycles. The van der Waals surface area contributed by atoms with Crippen molar-refractivity contribution in [1.82, 2.24) is 10.3 Å². The van der Waals surface area contributed by atoms with Crippen molar-refractivity contribution in [1.29, 1.82) is 0 Å². The third-order valence-electron chi connectivity index (χ3n) is 6.59. The summed E-state index contributed by atoms with van der Waals surface area (Å²) in [4.78, 5) is 55.1. The van der Waals surface area contributed by atoms with Crippen LogP contribution in [0.5, 0.6) is 0 Å². The molecule has 10 nitrogen and oxygen atoms in total. The van der Waals surface area contributed by atoms with Crippen LogP contribution in [0, 0.1) is 10.1 Å². The zero-order valence-electron chi connectivity index (χ0n) is 24.7. The summed E-state index contributed by atoms with van der Waals surface area (Å²) in [5.41, 5.74) is 2.69. The predicted molar refractivity (Wildman–Crippen MR) is 187 cm³/mol. The van der Waals surface area contributed by atoms with E-state index in [-0.39, 0.29) is 17.3 Å². The topological polar surface area (TPSA) is 143 Å². The highest BCUT2D eigenvalue weighted by Gasteiger charge is 2.19. The van der Waals surface area contributed by atoms with Crippen LogP contribution in [0.15, 0.2) is 119 Å². The Morgan fingerprint density at radius 1 is 0.936 bits per heavy atom. The van der Waals surface area contributed by atoms with Gasteiger partial charge in [0.15, 0.2) is 5.13 Å². The summed E-state index contributed by atoms with van der Waals surface area (Å²) >= 11 is 8.59. The number of nitro groups is 1. The molecule has 0 aliphatic carbocycles. The number of carbonyl (C=O) groups is 3. The first-order chi connectivity index (χ1) is 22.6. The lowest BCUT2D eigenvalue weighted by Crippen LogP contribution is -2.30. The number of non-ortho nitro benzene ring substituents is 1. The molecule has 0 fully saturated rings. The van der Waals surface area contributed by atoms with E-state index in [1.54, 1.807) is 67.6 Å². The third-order valence-corrected chi connectivity index (χ3v) is 8.70. The molecule has 47 heavy (non-hydrogen) atoms. The van der Waals surface area contributed by atoms with Gasteiger partial charge in [0.05, 0.1) is 15.9 Å². The Morgan fingerprint density at radius 3 is 2.36 bits per heavy atom. The molecule has 5 rings (SSSR count). The van der Waals surface area contributed by atoms with E-state index in [0.717, 1.165) is 16.2 Å². The maximum Gasteiger partial charge on any atom is 0.272 e. The van der Waals surface area contributed by atoms with Crippen LogP contribution in [0.4, 0.5) is 16.5 Å². The highest BCUT2D eigenvalue weighted by Crippen LogP contribution is 2.29. The predicted octanol–water partition coefficient (Wildman–Crippen LogP) is 7.90. The molecule has 3 amide bonds. The van der Waals surface area contributed by atoms with Gasteiger partial charge in [-0.15, -0.1) is 23.1 Å². The maximum atomic E-state index is 13.4. The number of anilines is 2. The van der Waals surface area contributed by atoms with Crippen molar-refractivity contribution < 1.29 is 19.3 Å². The second-order valence-electron chi connectivity index (χ2n) is 10.0. The quantitative estimate of drug-likeness (QED) is 0.0556. The van der Waals surface area contributed by atoms with Gasteiger partial charge in [-0.05, 0) is 73.2 Å². The summed E-state index contributed by atoms with van der Waals surface area (Å²) in [7, 11) is 0. The SMILES string of the molecule is CC(Sc1cccc(NC(=O)/C(=C\c2ccc([N+](=O)[O-])cc2)NC(=O)c2ccccc2)c1)C(=O)Nc1nc(-c2ccc(Cl)cc2)cs1. The van der Waals surface area contributed by atoms with E-state index in [2.05, 4.69) is 20.9 Å². The van der Waals surface area contributed by atoms with Gasteiger partial charge in [-0.2, -0.15) is 0 Å². The van der Waals surface area contributed by atoms with E-state index in [0.29, 0.717) is 27.0 Å². The average molecular weight is 684 g/mol. The summed E-state index contributed by atoms with van der Waals surface area (Å²) in [6.45, 7) is 1.77. The van der Waals surface area contributed by atoms with Crippen molar-refractivity contribution in [2.75, 3.05) is 10.6 Å². The number of aromatic nitrogens is 1. The molecule has 3 N–H and O–H groups in total. The van der Waals surface area contributed by atoms with E-state index in [1.165, 1.54) is 53.4 Å². The van der Waals surface area contributed by atoms with Gasteiger partial charge >= 0.3 is 0 Å². The largest absolute Gasteiger partial charge is 0.321 e. The average Bonchev–Trinajstić information content (AvgIpc) is 3.53. The van der Waals surface area contributed by atoms with E-state index in [1.807, 2.05) is 23.6 Å². The number of rotatable bonds is 11. The number of hydrogen-bond acceptors (Lipinski definition) is 8. The summed E-state index contributed by atoms with van der Waals surface area (Å²) in [6, 6.07) is 28.2. The van der Waals surface area contributed by atoms with Gasteiger partial charge in [-0.3, -0.25) is 24.5 Å². The highest BCUT2D eigenvalue weighted by atomic mass is 35.5. The fraction of sp³-hybridized carbons (Fsp3) is 0.0588. The minimum atomic E-state index is -0.610. The number of hydrogen-bond donors (Lipinski definition) is 3. The van der Waals surface area contributed by atoms with E-state index >= 15 is 0 Å². The van der Waals surface area contributed by atoms with Crippen LogP contribution in [-0.2, 0) is 9.59 Å². The summed E-state index contributed by atoms with van der Waals surface area (Å²) < 4.78 is 0. The van der Waals surface area contributed by atoms with Crippen molar-refractivity contribution >= 4 is 75.0 Å². The van der Waals surface area contributed by atoms with Gasteiger partial charge in [0.2, 0.25) is 5.91 Å². The molecule has 0 spiro atoms. The van der Waals surface area contributed by atoms with Crippen LogP contribution >= 0.6 is 34.7 Å². The lowest BCUT2D eigenvalue weighted by atomic mass is 10.1. The Hall–Kier alpha value is -5.30. The van der Waals surface area contributed by atoms with Crippen LogP contribution in [0.2, 0.25) is 5.02 Å². The van der Waals surface area contributed by atoms with E-state index in [4.69, 9.17) is 11.6 Å². The normalized spacial score (nSPS) is 11.7. The van der Waals surface area contributed by atoms with Gasteiger partial charge in [-0.25, -0.2) is 4.98 Å². The molecule has 5 aromatic rings. The Bertz CT molecular complexity index is 1950. The molecule has 1 unspecified atom stereocenters. The number of nitrogens with zero attached hydrogens (tertiary/aromatic N) is 2. The number of nitrogens with one attached hydrogen (secondary N) is 3. The molecule has 236 valence electrons. The number of thiazole rings is 1. The molecule has 0 aliphatic heterocycles. The Balaban J connectivity index is 1.26. The number of thioether (sulfide) groups is 1. The second-order valence-corrected chi connectivity index (χ2v) is 12.7. The third kappa shape index (κ3) is 9.13. The minimum Gasteiger partial charge on any atom is -0.321 e. The lowest BCUT2D eigenvalue weighted by Gasteiger charge is -2.13. The molecule has 0 bridgehead atoms. The molecular weight excluding hydrogens is 658 g/mol. The van der Waals surface area contributed by atoms with Gasteiger partial charge in [-0.1, -0.05) is 48.0 Å². The standard InChI is InChI=1S/C34H26ClN5O5S2/c1-21(31(41)39-34-38-30(20-46-34)23-12-14-25(35)15-13-23)47-28-9-5-8-26(19-28)36-33(43)29(37-32(42)24-6-3-2-4-7-24)18-22-10-16-27(17-11-22)40(44)45/h2-21H,1H3,(H,36,43)(H,37,42)(H,38,39,41)/b29-18+. The molecule has 0 saturated carbocycles. The van der Waals surface area contributed by atoms with Gasteiger partial charge < -0.3 is 16.0 Å². The molecule has 13 heteroatoms. The van der Waals surface area contributed by atoms with Crippen molar-refractivity contribution in [2.24, 2.45) is 0 Å². The molecule has 1 atom stereocenters. The molecule has 0 radical (unpaired) electrons. The van der Waals surface area contributed by atoms with Crippen LogP contribution in [0.3, 0.4) is 0 Å². The van der Waals surface area contributed by atoms with E-state index in [9.17, 15) is 24.5 Å². The minimum absolute atomic E-state index is 0.0695. The number of halogens is 1. The number of carbonyl (C=O) groups excluding carboxylic acids is 3. The smallest absolute Gasteiger partial charge is 0.272 e. The molecule has 4 aromatic carbocycles. The second kappa shape index (κ2) is 15.3. The summed E-state index contributed by atoms with van der Waals surface area (Å²) in [6.07, 6.45) is 1.43. The van der Waals surface area contributed by atoms with Crippen LogP contribution in [-0.4, -0.2) is 32.9 Å². The van der Waals surface area contributed by atoms with Crippen molar-refractivity contribution in [3.8, 4) is 11.3 Å². The molecule has 0 saturated heterocycles. The van der Waals surface area contributed by atoms with Crippen molar-refractivity contribution in [2.45, 2.75) is 17.1 Å². The van der Waals surface area contributed by atoms with Gasteiger partial charge in [0.1, 0.15) is 5.70 Å². The first-order valence-corrected chi connectivity index (χ1v) is 16.2. The first kappa shape index (κ1) is 33.1. The van der Waals surface area contributed by atoms with Gasteiger partial charge in [0, 0.05) is 44.2 Å². The molecule has 1 heterocycles. The van der Waals surface area contributed by atoms with Crippen molar-refractivity contribution in [3.63, 3.8) is 0 Å². The molecule has 0 aliphatic rings. The zero-order valence-corrected chi connectivity index (χ0v) is 27.1. The first-order valence-electron chi connectivity index (χ1n) is 14.1. The number of benzene rings is 4. The lowest BCUT2D eigenvalue weighted by molar-refractivity contribution is -0.384. The van der Waals surface area contributed by atoms with E-state index < -0.39 is 22.0 Å². The highest BCUT2D eigenvalue weighted by molar-refractivity contribution is 8.00. The number of amides is 3. The fourth-order valence-electron chi connectivity index (χ4n) is 4.20. The summed E-state index contributed by atoms with van der Waals surface area (Å²) in [5, 5.41) is 21.8. The van der Waals surface area contributed by atoms with Crippen molar-refractivity contribution in [3.05, 3.63) is 140 Å². The van der Waals surface area contributed by atoms with Crippen LogP contribution in [0.25, 0.3) is 17.3 Å². The summed E-state index contributed by atoms with van der Waals surface area (Å²) in [5.74, 6) is -1.35. The Labute approximate surface area is 283 Å². The van der Waals surface area contributed by atoms with Gasteiger partial charge in [0.25, 0.3) is 17.5 Å². The molecular formula is C34H26ClN5O5S2. The van der Waals surface area contributed by atoms with Crippen LogP contribution < -0.4 is 16.0 Å². The maximum absolute atomic E-state index is 13.4. The monoisotopic (exact) mass is 683 g/mol. The fourth-order valence-corrected chi connectivity index (χ4v) is 5.97. The Morgan fingerprint density at radius 2 is 1.66 bits per heavy atom. The van der Waals surface area contributed by atoms with Crippen LogP contribution in [0.1, 0.15) is 22.8 Å². The zero-order chi connectivity index (χ0) is 33.3. The Kier molecular flexibility index (Phi) is 10.8.